The lowest BCUT2D eigenvalue weighted by atomic mass is 10.1. The lowest BCUT2D eigenvalue weighted by Crippen LogP contribution is -2.46. The molecule has 0 bridgehead atoms. The number of amides is 2. The van der Waals surface area contributed by atoms with Gasteiger partial charge in [0.1, 0.15) is 24.6 Å². The molecule has 2 aliphatic rings. The van der Waals surface area contributed by atoms with Crippen LogP contribution in [0.2, 0.25) is 0 Å². The molecule has 8 heteroatoms. The fourth-order valence-corrected chi connectivity index (χ4v) is 4.61. The zero-order chi connectivity index (χ0) is 22.6. The summed E-state index contributed by atoms with van der Waals surface area (Å²) in [4.78, 5) is 16.4. The number of piperazine rings is 1. The Morgan fingerprint density at radius 3 is 2.58 bits per heavy atom. The van der Waals surface area contributed by atoms with E-state index < -0.39 is 6.03 Å². The van der Waals surface area contributed by atoms with Gasteiger partial charge in [0.2, 0.25) is 0 Å². The van der Waals surface area contributed by atoms with Gasteiger partial charge in [0.15, 0.2) is 11.5 Å². The molecule has 0 atom stereocenters. The van der Waals surface area contributed by atoms with Crippen molar-refractivity contribution in [1.29, 1.82) is 0 Å². The molecule has 0 radical (unpaired) electrons. The minimum Gasteiger partial charge on any atom is -0.486 e. The van der Waals surface area contributed by atoms with E-state index in [1.54, 1.807) is 0 Å². The summed E-state index contributed by atoms with van der Waals surface area (Å²) in [6.07, 6.45) is 2.81. The van der Waals surface area contributed by atoms with Gasteiger partial charge in [-0.05, 0) is 43.7 Å². The van der Waals surface area contributed by atoms with Crippen LogP contribution in [-0.2, 0) is 6.42 Å². The van der Waals surface area contributed by atoms with E-state index in [1.807, 2.05) is 30.3 Å². The molecule has 0 saturated carbocycles. The maximum Gasteiger partial charge on any atom is 0.316 e. The number of rotatable bonds is 7. The third kappa shape index (κ3) is 4.85. The van der Waals surface area contributed by atoms with Crippen LogP contribution < -0.4 is 25.4 Å². The van der Waals surface area contributed by atoms with E-state index in [0.717, 1.165) is 80.2 Å². The number of hydrogen-bond donors (Lipinski definition) is 2. The largest absolute Gasteiger partial charge is 0.486 e. The summed E-state index contributed by atoms with van der Waals surface area (Å²) >= 11 is 0. The number of nitrogens with zero attached hydrogens (tertiary/aromatic N) is 2. The monoisotopic (exact) mass is 450 g/mol. The SMILES string of the molecule is NC(=O)Nc1c(CCCCN2CCN(c3ccc4c(c3)OCCO4)CC2)oc2ccccc12. The van der Waals surface area contributed by atoms with Crippen LogP contribution in [-0.4, -0.2) is 56.9 Å². The van der Waals surface area contributed by atoms with Crippen molar-refractivity contribution in [2.75, 3.05) is 56.2 Å². The van der Waals surface area contributed by atoms with Gasteiger partial charge in [-0.2, -0.15) is 0 Å². The van der Waals surface area contributed by atoms with Gasteiger partial charge in [-0.25, -0.2) is 4.79 Å². The van der Waals surface area contributed by atoms with Gasteiger partial charge in [0.05, 0.1) is 5.69 Å². The number of anilines is 2. The fourth-order valence-electron chi connectivity index (χ4n) is 4.61. The standard InChI is InChI=1S/C25H30N4O4/c26-25(30)27-24-19-5-1-2-6-20(19)33-22(24)7-3-4-10-28-11-13-29(14-12-28)18-8-9-21-23(17-18)32-16-15-31-21/h1-2,5-6,8-9,17H,3-4,7,10-16H2,(H3,26,27,30). The Morgan fingerprint density at radius 1 is 0.970 bits per heavy atom. The van der Waals surface area contributed by atoms with Gasteiger partial charge < -0.3 is 29.8 Å². The third-order valence-electron chi connectivity index (χ3n) is 6.31. The van der Waals surface area contributed by atoms with Crippen LogP contribution in [0.4, 0.5) is 16.2 Å². The van der Waals surface area contributed by atoms with Crippen molar-refractivity contribution in [1.82, 2.24) is 4.90 Å². The van der Waals surface area contributed by atoms with Crippen molar-refractivity contribution < 1.29 is 18.7 Å². The van der Waals surface area contributed by atoms with Crippen molar-refractivity contribution in [2.45, 2.75) is 19.3 Å². The Bertz CT molecular complexity index is 1120. The maximum absolute atomic E-state index is 11.4. The maximum atomic E-state index is 11.4. The topological polar surface area (TPSA) is 93.2 Å². The van der Waals surface area contributed by atoms with Crippen LogP contribution in [0.3, 0.4) is 0 Å². The highest BCUT2D eigenvalue weighted by Gasteiger charge is 2.20. The number of carbonyl (C=O) groups is 1. The molecule has 3 heterocycles. The number of para-hydroxylation sites is 1. The Balaban J connectivity index is 1.10. The minimum absolute atomic E-state index is 0.571. The minimum atomic E-state index is -0.571. The van der Waals surface area contributed by atoms with E-state index in [4.69, 9.17) is 19.6 Å². The molecule has 3 aromatic rings. The van der Waals surface area contributed by atoms with E-state index in [1.165, 1.54) is 5.69 Å². The Kier molecular flexibility index (Phi) is 6.26. The summed E-state index contributed by atoms with van der Waals surface area (Å²) in [6.45, 7) is 6.34. The zero-order valence-corrected chi connectivity index (χ0v) is 18.7. The lowest BCUT2D eigenvalue weighted by molar-refractivity contribution is 0.171. The average Bonchev–Trinajstić information content (AvgIpc) is 3.18. The van der Waals surface area contributed by atoms with Crippen LogP contribution in [0, 0.1) is 0 Å². The highest BCUT2D eigenvalue weighted by atomic mass is 16.6. The quantitative estimate of drug-likeness (QED) is 0.532. The molecular weight excluding hydrogens is 420 g/mol. The number of nitrogens with two attached hydrogens (primary N) is 1. The first kappa shape index (κ1) is 21.5. The number of nitrogens with one attached hydrogen (secondary N) is 1. The van der Waals surface area contributed by atoms with Gasteiger partial charge in [0, 0.05) is 49.7 Å². The number of aryl methyl sites for hydroxylation is 1. The molecule has 3 N–H and O–H groups in total. The average molecular weight is 451 g/mol. The molecule has 1 aromatic heterocycles. The second-order valence-corrected chi connectivity index (χ2v) is 8.50. The fraction of sp³-hybridized carbons (Fsp3) is 0.400. The number of unbranched alkanes of at least 4 members (excludes halogenated alkanes) is 1. The van der Waals surface area contributed by atoms with Crippen molar-refractivity contribution in [3.63, 3.8) is 0 Å². The normalized spacial score (nSPS) is 16.2. The first-order valence-corrected chi connectivity index (χ1v) is 11.6. The molecule has 1 fully saturated rings. The molecule has 2 aliphatic heterocycles. The molecule has 0 aliphatic carbocycles. The van der Waals surface area contributed by atoms with Crippen LogP contribution >= 0.6 is 0 Å². The van der Waals surface area contributed by atoms with Gasteiger partial charge >= 0.3 is 6.03 Å². The van der Waals surface area contributed by atoms with Gasteiger partial charge in [-0.1, -0.05) is 12.1 Å². The zero-order valence-electron chi connectivity index (χ0n) is 18.7. The molecule has 0 spiro atoms. The summed E-state index contributed by atoms with van der Waals surface area (Å²) in [7, 11) is 0. The summed E-state index contributed by atoms with van der Waals surface area (Å²) < 4.78 is 17.3. The molecule has 1 saturated heterocycles. The highest BCUT2D eigenvalue weighted by molar-refractivity contribution is 6.00. The van der Waals surface area contributed by atoms with Crippen molar-refractivity contribution >= 4 is 28.4 Å². The highest BCUT2D eigenvalue weighted by Crippen LogP contribution is 2.34. The summed E-state index contributed by atoms with van der Waals surface area (Å²) in [5, 5.41) is 3.63. The third-order valence-corrected chi connectivity index (χ3v) is 6.31. The number of hydrogen-bond acceptors (Lipinski definition) is 6. The second kappa shape index (κ2) is 9.62. The molecular formula is C25H30N4O4. The number of urea groups is 1. The Morgan fingerprint density at radius 2 is 1.76 bits per heavy atom. The molecule has 8 nitrogen and oxygen atoms in total. The van der Waals surface area contributed by atoms with Crippen molar-refractivity contribution in [2.24, 2.45) is 5.73 Å². The van der Waals surface area contributed by atoms with Gasteiger partial charge in [0.25, 0.3) is 0 Å². The molecule has 33 heavy (non-hydrogen) atoms. The number of benzene rings is 2. The van der Waals surface area contributed by atoms with Crippen LogP contribution in [0.25, 0.3) is 11.0 Å². The van der Waals surface area contributed by atoms with Crippen LogP contribution in [0.15, 0.2) is 46.9 Å². The number of carbonyl (C=O) groups excluding carboxylic acids is 1. The number of furan rings is 1. The van der Waals surface area contributed by atoms with Gasteiger partial charge in [-0.3, -0.25) is 4.90 Å². The first-order valence-electron chi connectivity index (χ1n) is 11.6. The van der Waals surface area contributed by atoms with E-state index >= 15 is 0 Å². The lowest BCUT2D eigenvalue weighted by Gasteiger charge is -2.36. The molecule has 5 rings (SSSR count). The van der Waals surface area contributed by atoms with Crippen LogP contribution in [0.1, 0.15) is 18.6 Å². The van der Waals surface area contributed by atoms with Crippen molar-refractivity contribution in [3.05, 3.63) is 48.2 Å². The smallest absolute Gasteiger partial charge is 0.316 e. The number of fused-ring (bicyclic) bond motifs is 2. The summed E-state index contributed by atoms with van der Waals surface area (Å²) in [5.74, 6) is 2.47. The van der Waals surface area contributed by atoms with E-state index in [0.29, 0.717) is 18.9 Å². The van der Waals surface area contributed by atoms with Crippen molar-refractivity contribution in [3.8, 4) is 11.5 Å². The molecule has 0 unspecified atom stereocenters. The molecule has 174 valence electrons. The summed E-state index contributed by atoms with van der Waals surface area (Å²) in [6, 6.07) is 13.4. The predicted molar refractivity (Wildman–Crippen MR) is 128 cm³/mol. The second-order valence-electron chi connectivity index (χ2n) is 8.50. The predicted octanol–water partition coefficient (Wildman–Crippen LogP) is 3.84. The van der Waals surface area contributed by atoms with Gasteiger partial charge in [-0.15, -0.1) is 0 Å². The van der Waals surface area contributed by atoms with Crippen LogP contribution in [0.5, 0.6) is 11.5 Å². The summed E-state index contributed by atoms with van der Waals surface area (Å²) in [5.41, 5.74) is 8.03. The van der Waals surface area contributed by atoms with E-state index in [-0.39, 0.29) is 0 Å². The molecule has 2 aromatic carbocycles. The number of ether oxygens (including phenoxy) is 2. The Labute approximate surface area is 193 Å². The first-order chi connectivity index (χ1) is 16.2. The molecule has 2 amide bonds. The van der Waals surface area contributed by atoms with E-state index in [9.17, 15) is 4.79 Å². The Hall–Kier alpha value is -3.39. The number of primary amides is 1. The van der Waals surface area contributed by atoms with E-state index in [2.05, 4.69) is 27.2 Å².